The normalized spacial score (nSPS) is 10.9. The van der Waals surface area contributed by atoms with Crippen molar-refractivity contribution in [1.82, 2.24) is 14.8 Å². The molecule has 0 bridgehead atoms. The number of rotatable bonds is 7. The Labute approximate surface area is 193 Å². The second-order valence-corrected chi connectivity index (χ2v) is 8.79. The van der Waals surface area contributed by atoms with Gasteiger partial charge >= 0.3 is 0 Å². The number of hydrogen-bond donors (Lipinski definition) is 1. The minimum atomic E-state index is -0.276. The Balaban J connectivity index is 1.58. The van der Waals surface area contributed by atoms with Crippen molar-refractivity contribution in [1.29, 1.82) is 0 Å². The molecule has 0 fully saturated rings. The van der Waals surface area contributed by atoms with Crippen LogP contribution in [0, 0.1) is 13.8 Å². The van der Waals surface area contributed by atoms with Crippen molar-refractivity contribution in [3.63, 3.8) is 0 Å². The van der Waals surface area contributed by atoms with Crippen molar-refractivity contribution in [3.05, 3.63) is 62.4 Å². The van der Waals surface area contributed by atoms with E-state index in [0.29, 0.717) is 21.7 Å². The van der Waals surface area contributed by atoms with Crippen molar-refractivity contribution in [2.75, 3.05) is 11.1 Å². The maximum Gasteiger partial charge on any atom is 0.234 e. The molecule has 2 aromatic carbocycles. The van der Waals surface area contributed by atoms with Gasteiger partial charge in [-0.25, -0.2) is 0 Å². The summed E-state index contributed by atoms with van der Waals surface area (Å²) in [4.78, 5) is 12.3. The predicted octanol–water partition coefficient (Wildman–Crippen LogP) is 5.70. The van der Waals surface area contributed by atoms with E-state index in [2.05, 4.69) is 21.6 Å². The highest BCUT2D eigenvalue weighted by molar-refractivity contribution is 7.99. The lowest BCUT2D eigenvalue weighted by Gasteiger charge is -2.10. The molecule has 0 spiro atoms. The summed E-state index contributed by atoms with van der Waals surface area (Å²) < 4.78 is 7.66. The first-order valence-corrected chi connectivity index (χ1v) is 11.0. The Morgan fingerprint density at radius 2 is 1.83 bits per heavy atom. The number of benzene rings is 2. The zero-order chi connectivity index (χ0) is 21.8. The third-order valence-corrected chi connectivity index (χ3v) is 6.05. The number of thioether (sulfide) groups is 1. The molecular formula is C20H19Cl3N4O2S. The van der Waals surface area contributed by atoms with E-state index in [4.69, 9.17) is 39.5 Å². The molecule has 1 N–H and O–H groups in total. The molecule has 1 heterocycles. The van der Waals surface area contributed by atoms with Crippen LogP contribution in [0.4, 0.5) is 5.69 Å². The molecule has 0 radical (unpaired) electrons. The Bertz CT molecular complexity index is 1060. The number of nitrogens with zero attached hydrogens (tertiary/aromatic N) is 3. The minimum Gasteiger partial charge on any atom is -0.485 e. The van der Waals surface area contributed by atoms with Crippen molar-refractivity contribution in [2.45, 2.75) is 25.6 Å². The number of halogens is 3. The molecule has 1 aromatic heterocycles. The van der Waals surface area contributed by atoms with Crippen molar-refractivity contribution in [3.8, 4) is 5.75 Å². The van der Waals surface area contributed by atoms with Crippen LogP contribution >= 0.6 is 46.6 Å². The maximum absolute atomic E-state index is 12.3. The molecule has 30 heavy (non-hydrogen) atoms. The topological polar surface area (TPSA) is 69.0 Å². The first-order chi connectivity index (χ1) is 14.2. The van der Waals surface area contributed by atoms with Gasteiger partial charge < -0.3 is 14.6 Å². The lowest BCUT2D eigenvalue weighted by atomic mass is 10.1. The first-order valence-electron chi connectivity index (χ1n) is 8.90. The molecule has 0 aliphatic heterocycles. The van der Waals surface area contributed by atoms with Crippen LogP contribution in [0.15, 0.2) is 35.5 Å². The SMILES string of the molecule is Cc1ccc(OCc2nnc(SCC(=O)Nc3c(Cl)cc(Cl)cc3Cl)n2C)c(C)c1. The molecule has 0 aliphatic rings. The van der Waals surface area contributed by atoms with Crippen LogP contribution in [0.5, 0.6) is 5.75 Å². The summed E-state index contributed by atoms with van der Waals surface area (Å²) in [6, 6.07) is 9.03. The number of aryl methyl sites for hydroxylation is 2. The molecule has 158 valence electrons. The van der Waals surface area contributed by atoms with Crippen LogP contribution in [0.3, 0.4) is 0 Å². The Hall–Kier alpha value is -1.93. The number of anilines is 1. The molecule has 3 aromatic rings. The van der Waals surface area contributed by atoms with E-state index in [-0.39, 0.29) is 28.3 Å². The van der Waals surface area contributed by atoms with Crippen LogP contribution in [0.2, 0.25) is 15.1 Å². The zero-order valence-corrected chi connectivity index (χ0v) is 19.6. The van der Waals surface area contributed by atoms with Gasteiger partial charge in [-0.2, -0.15) is 0 Å². The predicted molar refractivity (Wildman–Crippen MR) is 122 cm³/mol. The summed E-state index contributed by atoms with van der Waals surface area (Å²) in [5.41, 5.74) is 2.56. The van der Waals surface area contributed by atoms with Crippen molar-refractivity contribution in [2.24, 2.45) is 7.05 Å². The van der Waals surface area contributed by atoms with Gasteiger partial charge in [-0.15, -0.1) is 10.2 Å². The fraction of sp³-hybridized carbons (Fsp3) is 0.250. The highest BCUT2D eigenvalue weighted by atomic mass is 35.5. The minimum absolute atomic E-state index is 0.110. The molecule has 0 aliphatic carbocycles. The fourth-order valence-corrected chi connectivity index (χ4v) is 4.31. The van der Waals surface area contributed by atoms with Crippen LogP contribution < -0.4 is 10.1 Å². The molecule has 0 saturated carbocycles. The summed E-state index contributed by atoms with van der Waals surface area (Å²) in [5, 5.41) is 12.5. The number of nitrogens with one attached hydrogen (secondary N) is 1. The number of carbonyl (C=O) groups is 1. The fourth-order valence-electron chi connectivity index (χ4n) is 2.67. The second-order valence-electron chi connectivity index (χ2n) is 6.60. The number of carbonyl (C=O) groups excluding carboxylic acids is 1. The molecule has 1 amide bonds. The Morgan fingerprint density at radius 3 is 2.50 bits per heavy atom. The monoisotopic (exact) mass is 484 g/mol. The standard InChI is InChI=1S/C20H19Cl3N4O2S/c1-11-4-5-16(12(2)6-11)29-9-17-25-26-20(27(17)3)30-10-18(28)24-19-14(22)7-13(21)8-15(19)23/h4-8H,9-10H2,1-3H3,(H,24,28). The number of ether oxygens (including phenoxy) is 1. The van der Waals surface area contributed by atoms with Crippen LogP contribution in [0.25, 0.3) is 0 Å². The number of amides is 1. The summed E-state index contributed by atoms with van der Waals surface area (Å²) in [7, 11) is 1.83. The third kappa shape index (κ3) is 5.60. The van der Waals surface area contributed by atoms with Gasteiger partial charge in [0, 0.05) is 12.1 Å². The highest BCUT2D eigenvalue weighted by Gasteiger charge is 2.15. The molecular weight excluding hydrogens is 467 g/mol. The zero-order valence-electron chi connectivity index (χ0n) is 16.5. The first kappa shape index (κ1) is 22.7. The van der Waals surface area contributed by atoms with Crippen molar-refractivity contribution < 1.29 is 9.53 Å². The summed E-state index contributed by atoms with van der Waals surface area (Å²) in [6.07, 6.45) is 0. The summed E-state index contributed by atoms with van der Waals surface area (Å²) in [6.45, 7) is 4.31. The highest BCUT2D eigenvalue weighted by Crippen LogP contribution is 2.33. The molecule has 6 nitrogen and oxygen atoms in total. The quantitative estimate of drug-likeness (QED) is 0.435. The van der Waals surface area contributed by atoms with E-state index in [1.807, 2.05) is 33.0 Å². The van der Waals surface area contributed by atoms with E-state index in [1.54, 1.807) is 4.57 Å². The van der Waals surface area contributed by atoms with E-state index >= 15 is 0 Å². The van der Waals surface area contributed by atoms with Gasteiger partial charge in [0.15, 0.2) is 11.0 Å². The Kier molecular flexibility index (Phi) is 7.52. The average molecular weight is 486 g/mol. The van der Waals surface area contributed by atoms with E-state index in [9.17, 15) is 4.79 Å². The van der Waals surface area contributed by atoms with Crippen LogP contribution in [-0.4, -0.2) is 26.4 Å². The lowest BCUT2D eigenvalue weighted by Crippen LogP contribution is -2.15. The number of aromatic nitrogens is 3. The largest absolute Gasteiger partial charge is 0.485 e. The molecule has 0 unspecified atom stereocenters. The number of hydrogen-bond acceptors (Lipinski definition) is 5. The van der Waals surface area contributed by atoms with E-state index in [0.717, 1.165) is 11.3 Å². The van der Waals surface area contributed by atoms with Gasteiger partial charge in [0.25, 0.3) is 0 Å². The molecule has 0 atom stereocenters. The molecule has 3 rings (SSSR count). The molecule has 10 heteroatoms. The van der Waals surface area contributed by atoms with Gasteiger partial charge in [0.2, 0.25) is 5.91 Å². The maximum atomic E-state index is 12.3. The van der Waals surface area contributed by atoms with Crippen LogP contribution in [0.1, 0.15) is 17.0 Å². The molecule has 0 saturated heterocycles. The van der Waals surface area contributed by atoms with Gasteiger partial charge in [0.1, 0.15) is 12.4 Å². The third-order valence-electron chi connectivity index (χ3n) is 4.22. The summed E-state index contributed by atoms with van der Waals surface area (Å²) >= 11 is 19.3. The Morgan fingerprint density at radius 1 is 1.13 bits per heavy atom. The van der Waals surface area contributed by atoms with Crippen LogP contribution in [-0.2, 0) is 18.4 Å². The second kappa shape index (κ2) is 9.92. The van der Waals surface area contributed by atoms with Crippen molar-refractivity contribution >= 4 is 58.2 Å². The van der Waals surface area contributed by atoms with E-state index < -0.39 is 0 Å². The average Bonchev–Trinajstić information content (AvgIpc) is 3.02. The van der Waals surface area contributed by atoms with E-state index in [1.165, 1.54) is 29.5 Å². The van der Waals surface area contributed by atoms with Gasteiger partial charge in [-0.1, -0.05) is 64.3 Å². The van der Waals surface area contributed by atoms with Gasteiger partial charge in [0.05, 0.1) is 21.5 Å². The van der Waals surface area contributed by atoms with Gasteiger partial charge in [-0.05, 0) is 37.6 Å². The summed E-state index contributed by atoms with van der Waals surface area (Å²) in [5.74, 6) is 1.29. The van der Waals surface area contributed by atoms with Gasteiger partial charge in [-0.3, -0.25) is 4.79 Å². The lowest BCUT2D eigenvalue weighted by molar-refractivity contribution is -0.113. The smallest absolute Gasteiger partial charge is 0.234 e.